The van der Waals surface area contributed by atoms with E-state index in [1.807, 2.05) is 0 Å². The summed E-state index contributed by atoms with van der Waals surface area (Å²) >= 11 is 0. The summed E-state index contributed by atoms with van der Waals surface area (Å²) in [6.07, 6.45) is 4.89. The highest BCUT2D eigenvalue weighted by molar-refractivity contribution is 5.86. The molecule has 0 spiro atoms. The minimum Gasteiger partial charge on any atom is -0.475 e. The lowest BCUT2D eigenvalue weighted by Gasteiger charge is -2.25. The average Bonchev–Trinajstić information content (AvgIpc) is 2.70. The molecule has 0 atom stereocenters. The number of carboxylic acid groups (broad SMARTS) is 1. The number of hydrogen-bond donors (Lipinski definition) is 1. The second-order valence-electron chi connectivity index (χ2n) is 5.22. The molecule has 1 aromatic heterocycles. The van der Waals surface area contributed by atoms with Gasteiger partial charge in [0, 0.05) is 5.56 Å². The molecule has 1 aromatic rings. The number of aryl methyl sites for hydroxylation is 1. The van der Waals surface area contributed by atoms with Crippen molar-refractivity contribution < 1.29 is 19.1 Å². The van der Waals surface area contributed by atoms with Crippen LogP contribution in [0.1, 0.15) is 54.5 Å². The zero-order chi connectivity index (χ0) is 13.1. The van der Waals surface area contributed by atoms with Crippen LogP contribution in [0.5, 0.6) is 0 Å². The minimum atomic E-state index is -1.02. The molecular formula is C14H20O4. The first-order chi connectivity index (χ1) is 8.56. The molecule has 1 fully saturated rings. The van der Waals surface area contributed by atoms with Gasteiger partial charge >= 0.3 is 5.97 Å². The maximum absolute atomic E-state index is 10.8. The lowest BCUT2D eigenvalue weighted by molar-refractivity contribution is 0.000767. The molecule has 100 valence electrons. The van der Waals surface area contributed by atoms with Crippen LogP contribution in [0.15, 0.2) is 10.5 Å². The van der Waals surface area contributed by atoms with Gasteiger partial charge in [-0.1, -0.05) is 6.92 Å². The van der Waals surface area contributed by atoms with E-state index in [4.69, 9.17) is 14.3 Å². The number of rotatable bonds is 4. The lowest BCUT2D eigenvalue weighted by Crippen LogP contribution is -2.20. The third-order valence-corrected chi connectivity index (χ3v) is 3.59. The Kier molecular flexibility index (Phi) is 4.07. The van der Waals surface area contributed by atoms with E-state index in [-0.39, 0.29) is 5.76 Å². The third-order valence-electron chi connectivity index (χ3n) is 3.59. The van der Waals surface area contributed by atoms with Gasteiger partial charge < -0.3 is 14.3 Å². The van der Waals surface area contributed by atoms with Crippen LogP contribution in [0, 0.1) is 12.8 Å². The normalized spacial score (nSPS) is 24.1. The third kappa shape index (κ3) is 3.13. The molecule has 0 amide bonds. The summed E-state index contributed by atoms with van der Waals surface area (Å²) in [7, 11) is 0. The Bertz CT molecular complexity index is 413. The zero-order valence-corrected chi connectivity index (χ0v) is 10.9. The Labute approximate surface area is 107 Å². The lowest BCUT2D eigenvalue weighted by atomic mass is 9.89. The first kappa shape index (κ1) is 13.1. The van der Waals surface area contributed by atoms with Gasteiger partial charge in [-0.3, -0.25) is 0 Å². The molecule has 1 heterocycles. The Morgan fingerprint density at radius 1 is 1.44 bits per heavy atom. The van der Waals surface area contributed by atoms with E-state index in [1.54, 1.807) is 13.0 Å². The van der Waals surface area contributed by atoms with Crippen LogP contribution in [0.25, 0.3) is 0 Å². The van der Waals surface area contributed by atoms with Gasteiger partial charge in [-0.15, -0.1) is 0 Å². The molecule has 1 saturated carbocycles. The fourth-order valence-corrected chi connectivity index (χ4v) is 2.43. The highest BCUT2D eigenvalue weighted by Gasteiger charge is 2.20. The largest absolute Gasteiger partial charge is 0.475 e. The smallest absolute Gasteiger partial charge is 0.372 e. The second kappa shape index (κ2) is 5.57. The highest BCUT2D eigenvalue weighted by atomic mass is 16.5. The van der Waals surface area contributed by atoms with Crippen LogP contribution < -0.4 is 0 Å². The van der Waals surface area contributed by atoms with Gasteiger partial charge in [-0.05, 0) is 44.6 Å². The molecule has 0 aromatic carbocycles. The summed E-state index contributed by atoms with van der Waals surface area (Å²) in [5.74, 6) is 0.397. The van der Waals surface area contributed by atoms with Gasteiger partial charge in [0.15, 0.2) is 0 Å². The monoisotopic (exact) mass is 252 g/mol. The maximum atomic E-state index is 10.8. The van der Waals surface area contributed by atoms with E-state index in [0.29, 0.717) is 24.0 Å². The molecule has 1 aliphatic rings. The number of carbonyl (C=O) groups is 1. The van der Waals surface area contributed by atoms with Crippen molar-refractivity contribution in [3.8, 4) is 0 Å². The fourth-order valence-electron chi connectivity index (χ4n) is 2.43. The molecule has 4 nitrogen and oxygen atoms in total. The van der Waals surface area contributed by atoms with Gasteiger partial charge in [0.25, 0.3) is 0 Å². The SMILES string of the molecule is Cc1cc(COC2CCC(C)CC2)oc1C(=O)O. The topological polar surface area (TPSA) is 59.7 Å². The van der Waals surface area contributed by atoms with Crippen molar-refractivity contribution in [3.63, 3.8) is 0 Å². The van der Waals surface area contributed by atoms with E-state index in [9.17, 15) is 4.79 Å². The zero-order valence-electron chi connectivity index (χ0n) is 10.9. The van der Waals surface area contributed by atoms with E-state index < -0.39 is 5.97 Å². The Balaban J connectivity index is 1.86. The van der Waals surface area contributed by atoms with E-state index >= 15 is 0 Å². The predicted molar refractivity (Wildman–Crippen MR) is 66.6 cm³/mol. The predicted octanol–water partition coefficient (Wildman–Crippen LogP) is 3.38. The van der Waals surface area contributed by atoms with Crippen LogP contribution >= 0.6 is 0 Å². The molecule has 0 aliphatic heterocycles. The number of ether oxygens (including phenoxy) is 1. The summed E-state index contributed by atoms with van der Waals surface area (Å²) < 4.78 is 11.0. The van der Waals surface area contributed by atoms with Crippen molar-refractivity contribution in [1.29, 1.82) is 0 Å². The Hall–Kier alpha value is -1.29. The highest BCUT2D eigenvalue weighted by Crippen LogP contribution is 2.26. The Morgan fingerprint density at radius 3 is 2.67 bits per heavy atom. The quantitative estimate of drug-likeness (QED) is 0.892. The van der Waals surface area contributed by atoms with E-state index in [2.05, 4.69) is 6.92 Å². The summed E-state index contributed by atoms with van der Waals surface area (Å²) in [5.41, 5.74) is 0.651. The second-order valence-corrected chi connectivity index (χ2v) is 5.22. The Morgan fingerprint density at radius 2 is 2.11 bits per heavy atom. The average molecular weight is 252 g/mol. The van der Waals surface area contributed by atoms with Crippen LogP contribution in [-0.4, -0.2) is 17.2 Å². The summed E-state index contributed by atoms with van der Waals surface area (Å²) in [6.45, 7) is 4.37. The summed E-state index contributed by atoms with van der Waals surface area (Å²) in [6, 6.07) is 1.74. The first-order valence-electron chi connectivity index (χ1n) is 6.50. The maximum Gasteiger partial charge on any atom is 0.372 e. The molecule has 0 bridgehead atoms. The number of furan rings is 1. The summed E-state index contributed by atoms with van der Waals surface area (Å²) in [4.78, 5) is 10.8. The number of carboxylic acids is 1. The van der Waals surface area contributed by atoms with Crippen molar-refractivity contribution in [1.82, 2.24) is 0 Å². The number of hydrogen-bond acceptors (Lipinski definition) is 3. The van der Waals surface area contributed by atoms with Gasteiger partial charge in [0.2, 0.25) is 5.76 Å². The standard InChI is InChI=1S/C14H20O4/c1-9-3-5-11(6-4-9)17-8-12-7-10(2)13(18-12)14(15)16/h7,9,11H,3-6,8H2,1-2H3,(H,15,16). The van der Waals surface area contributed by atoms with Crippen LogP contribution in [0.2, 0.25) is 0 Å². The minimum absolute atomic E-state index is 0.0193. The molecule has 0 saturated heterocycles. The molecule has 1 N–H and O–H groups in total. The van der Waals surface area contributed by atoms with E-state index in [1.165, 1.54) is 12.8 Å². The van der Waals surface area contributed by atoms with Gasteiger partial charge in [-0.25, -0.2) is 4.79 Å². The molecule has 18 heavy (non-hydrogen) atoms. The van der Waals surface area contributed by atoms with Gasteiger partial charge in [-0.2, -0.15) is 0 Å². The summed E-state index contributed by atoms with van der Waals surface area (Å²) in [5, 5.41) is 8.89. The van der Waals surface area contributed by atoms with Crippen molar-refractivity contribution in [2.24, 2.45) is 5.92 Å². The van der Waals surface area contributed by atoms with Crippen LogP contribution in [0.4, 0.5) is 0 Å². The van der Waals surface area contributed by atoms with Crippen molar-refractivity contribution in [3.05, 3.63) is 23.2 Å². The molecule has 4 heteroatoms. The molecule has 2 rings (SSSR count). The van der Waals surface area contributed by atoms with Crippen LogP contribution in [0.3, 0.4) is 0 Å². The molecule has 1 aliphatic carbocycles. The molecular weight excluding hydrogens is 232 g/mol. The van der Waals surface area contributed by atoms with Crippen molar-refractivity contribution in [2.75, 3.05) is 0 Å². The van der Waals surface area contributed by atoms with E-state index in [0.717, 1.165) is 18.8 Å². The van der Waals surface area contributed by atoms with Crippen molar-refractivity contribution >= 4 is 5.97 Å². The number of aromatic carboxylic acids is 1. The molecule has 0 radical (unpaired) electrons. The molecule has 0 unspecified atom stereocenters. The van der Waals surface area contributed by atoms with Gasteiger partial charge in [0.05, 0.1) is 6.10 Å². The first-order valence-corrected chi connectivity index (χ1v) is 6.50. The van der Waals surface area contributed by atoms with Crippen LogP contribution in [-0.2, 0) is 11.3 Å². The van der Waals surface area contributed by atoms with Crippen molar-refractivity contribution in [2.45, 2.75) is 52.2 Å². The fraction of sp³-hybridized carbons (Fsp3) is 0.643. The van der Waals surface area contributed by atoms with Gasteiger partial charge in [0.1, 0.15) is 12.4 Å².